The van der Waals surface area contributed by atoms with Crippen LogP contribution in [-0.2, 0) is 0 Å². The number of aromatic hydroxyl groups is 1. The van der Waals surface area contributed by atoms with E-state index in [0.717, 1.165) is 11.1 Å². The van der Waals surface area contributed by atoms with Crippen LogP contribution in [0.1, 0.15) is 5.56 Å². The van der Waals surface area contributed by atoms with Crippen LogP contribution in [0.4, 0.5) is 5.88 Å². The Hall–Kier alpha value is -1.90. The van der Waals surface area contributed by atoms with Gasteiger partial charge in [0.1, 0.15) is 6.26 Å². The molecule has 0 atom stereocenters. The molecule has 2 aromatic rings. The number of hydrogen-bond acceptors (Lipinski definition) is 3. The van der Waals surface area contributed by atoms with Gasteiger partial charge in [-0.05, 0) is 12.5 Å². The number of nitrogens with two attached hydrogens (primary N) is 1. The van der Waals surface area contributed by atoms with E-state index in [1.54, 1.807) is 0 Å². The van der Waals surface area contributed by atoms with Gasteiger partial charge in [-0.25, -0.2) is 0 Å². The topological polar surface area (TPSA) is 59.4 Å². The minimum atomic E-state index is 0.0769. The third-order valence-corrected chi connectivity index (χ3v) is 2.11. The second kappa shape index (κ2) is 3.10. The lowest BCUT2D eigenvalue weighted by molar-refractivity contribution is 0.461. The standard InChI is InChI=1S/C11H11NO2/c1-7-3-2-4-8(5-7)10-9(13)6-14-11(10)12/h2-6,13H,12H2,1H3. The molecule has 0 saturated carbocycles. The molecule has 0 saturated heterocycles. The zero-order valence-corrected chi connectivity index (χ0v) is 7.82. The Morgan fingerprint density at radius 1 is 1.36 bits per heavy atom. The van der Waals surface area contributed by atoms with Gasteiger partial charge in [0.25, 0.3) is 0 Å². The highest BCUT2D eigenvalue weighted by atomic mass is 16.4. The van der Waals surface area contributed by atoms with Crippen LogP contribution in [0.3, 0.4) is 0 Å². The van der Waals surface area contributed by atoms with Crippen LogP contribution in [0.25, 0.3) is 11.1 Å². The van der Waals surface area contributed by atoms with E-state index in [2.05, 4.69) is 0 Å². The van der Waals surface area contributed by atoms with E-state index in [1.165, 1.54) is 6.26 Å². The quantitative estimate of drug-likeness (QED) is 0.724. The van der Waals surface area contributed by atoms with Crippen LogP contribution in [-0.4, -0.2) is 5.11 Å². The number of furan rings is 1. The lowest BCUT2D eigenvalue weighted by Gasteiger charge is -2.00. The summed E-state index contributed by atoms with van der Waals surface area (Å²) in [6.45, 7) is 1.98. The molecule has 0 aliphatic rings. The van der Waals surface area contributed by atoms with Crippen LogP contribution < -0.4 is 5.73 Å². The van der Waals surface area contributed by atoms with Crippen molar-refractivity contribution in [2.75, 3.05) is 5.73 Å². The minimum absolute atomic E-state index is 0.0769. The van der Waals surface area contributed by atoms with Gasteiger partial charge in [-0.2, -0.15) is 0 Å². The van der Waals surface area contributed by atoms with Gasteiger partial charge in [0.05, 0.1) is 5.56 Å². The normalized spacial score (nSPS) is 10.4. The summed E-state index contributed by atoms with van der Waals surface area (Å²) in [6, 6.07) is 7.72. The maximum Gasteiger partial charge on any atom is 0.201 e. The van der Waals surface area contributed by atoms with Crippen LogP contribution >= 0.6 is 0 Å². The molecule has 1 aromatic heterocycles. The fourth-order valence-corrected chi connectivity index (χ4v) is 1.45. The smallest absolute Gasteiger partial charge is 0.201 e. The number of nitrogen functional groups attached to an aromatic ring is 1. The van der Waals surface area contributed by atoms with Crippen molar-refractivity contribution in [3.8, 4) is 16.9 Å². The van der Waals surface area contributed by atoms with Crippen molar-refractivity contribution in [3.05, 3.63) is 36.1 Å². The van der Waals surface area contributed by atoms with E-state index < -0.39 is 0 Å². The van der Waals surface area contributed by atoms with Gasteiger partial charge in [0, 0.05) is 0 Å². The first-order valence-corrected chi connectivity index (χ1v) is 4.31. The van der Waals surface area contributed by atoms with E-state index >= 15 is 0 Å². The molecule has 0 amide bonds. The van der Waals surface area contributed by atoms with Crippen molar-refractivity contribution in [2.24, 2.45) is 0 Å². The molecule has 1 heterocycles. The van der Waals surface area contributed by atoms with Gasteiger partial charge in [-0.1, -0.05) is 29.8 Å². The summed E-state index contributed by atoms with van der Waals surface area (Å²) in [5.41, 5.74) is 8.14. The summed E-state index contributed by atoms with van der Waals surface area (Å²) in [6.07, 6.45) is 1.24. The Labute approximate surface area is 81.8 Å². The maximum absolute atomic E-state index is 9.50. The summed E-state index contributed by atoms with van der Waals surface area (Å²) < 4.78 is 4.92. The summed E-state index contributed by atoms with van der Waals surface area (Å²) >= 11 is 0. The van der Waals surface area contributed by atoms with Crippen molar-refractivity contribution in [1.82, 2.24) is 0 Å². The molecule has 72 valence electrons. The molecule has 0 unspecified atom stereocenters. The van der Waals surface area contributed by atoms with Crippen LogP contribution in [0, 0.1) is 6.92 Å². The lowest BCUT2D eigenvalue weighted by atomic mass is 10.1. The van der Waals surface area contributed by atoms with Crippen molar-refractivity contribution in [2.45, 2.75) is 6.92 Å². The van der Waals surface area contributed by atoms with E-state index in [4.69, 9.17) is 10.2 Å². The molecule has 0 spiro atoms. The largest absolute Gasteiger partial charge is 0.504 e. The first kappa shape index (κ1) is 8.69. The average molecular weight is 189 g/mol. The van der Waals surface area contributed by atoms with E-state index in [1.807, 2.05) is 31.2 Å². The fourth-order valence-electron chi connectivity index (χ4n) is 1.45. The minimum Gasteiger partial charge on any atom is -0.504 e. The Kier molecular flexibility index (Phi) is 1.93. The average Bonchev–Trinajstić information content (AvgIpc) is 2.46. The molecule has 2 rings (SSSR count). The molecular formula is C11H11NO2. The van der Waals surface area contributed by atoms with Gasteiger partial charge in [0.15, 0.2) is 5.75 Å². The third-order valence-electron chi connectivity index (χ3n) is 2.11. The van der Waals surface area contributed by atoms with Crippen molar-refractivity contribution in [3.63, 3.8) is 0 Å². The fraction of sp³-hybridized carbons (Fsp3) is 0.0909. The van der Waals surface area contributed by atoms with Crippen molar-refractivity contribution >= 4 is 5.88 Å². The second-order valence-electron chi connectivity index (χ2n) is 3.23. The van der Waals surface area contributed by atoms with Crippen LogP contribution in [0.5, 0.6) is 5.75 Å². The predicted octanol–water partition coefficient (Wildman–Crippen LogP) is 2.54. The highest BCUT2D eigenvalue weighted by molar-refractivity contribution is 5.78. The van der Waals surface area contributed by atoms with E-state index in [9.17, 15) is 5.11 Å². The lowest BCUT2D eigenvalue weighted by Crippen LogP contribution is -1.85. The summed E-state index contributed by atoms with van der Waals surface area (Å²) in [7, 11) is 0. The molecule has 3 nitrogen and oxygen atoms in total. The van der Waals surface area contributed by atoms with Crippen LogP contribution in [0.2, 0.25) is 0 Å². The van der Waals surface area contributed by atoms with Crippen molar-refractivity contribution < 1.29 is 9.52 Å². The molecule has 0 aliphatic carbocycles. The maximum atomic E-state index is 9.50. The number of rotatable bonds is 1. The second-order valence-corrected chi connectivity index (χ2v) is 3.23. The van der Waals surface area contributed by atoms with Gasteiger partial charge < -0.3 is 15.3 Å². The Morgan fingerprint density at radius 2 is 2.14 bits per heavy atom. The van der Waals surface area contributed by atoms with Gasteiger partial charge in [-0.3, -0.25) is 0 Å². The SMILES string of the molecule is Cc1cccc(-c2c(O)coc2N)c1. The highest BCUT2D eigenvalue weighted by Crippen LogP contribution is 2.36. The Bertz CT molecular complexity index is 441. The predicted molar refractivity (Wildman–Crippen MR) is 55.0 cm³/mol. The van der Waals surface area contributed by atoms with Gasteiger partial charge in [-0.15, -0.1) is 0 Å². The molecular weight excluding hydrogens is 178 g/mol. The number of anilines is 1. The highest BCUT2D eigenvalue weighted by Gasteiger charge is 2.12. The van der Waals surface area contributed by atoms with Gasteiger partial charge in [0.2, 0.25) is 5.88 Å². The van der Waals surface area contributed by atoms with Crippen LogP contribution in [0.15, 0.2) is 34.9 Å². The first-order valence-electron chi connectivity index (χ1n) is 4.31. The monoisotopic (exact) mass is 189 g/mol. The van der Waals surface area contributed by atoms with E-state index in [0.29, 0.717) is 5.56 Å². The summed E-state index contributed by atoms with van der Waals surface area (Å²) in [5.74, 6) is 0.321. The van der Waals surface area contributed by atoms with Crippen molar-refractivity contribution in [1.29, 1.82) is 0 Å². The van der Waals surface area contributed by atoms with E-state index in [-0.39, 0.29) is 11.6 Å². The molecule has 3 N–H and O–H groups in total. The molecule has 3 heteroatoms. The summed E-state index contributed by atoms with van der Waals surface area (Å²) in [5, 5.41) is 9.50. The summed E-state index contributed by atoms with van der Waals surface area (Å²) in [4.78, 5) is 0. The Morgan fingerprint density at radius 3 is 2.71 bits per heavy atom. The van der Waals surface area contributed by atoms with Gasteiger partial charge >= 0.3 is 0 Å². The molecule has 0 radical (unpaired) electrons. The molecule has 0 bridgehead atoms. The Balaban J connectivity index is 2.59. The number of hydrogen-bond donors (Lipinski definition) is 2. The zero-order chi connectivity index (χ0) is 10.1. The molecule has 1 aromatic carbocycles. The molecule has 14 heavy (non-hydrogen) atoms. The number of benzene rings is 1. The first-order chi connectivity index (χ1) is 6.68. The zero-order valence-electron chi connectivity index (χ0n) is 7.82. The molecule has 0 fully saturated rings. The molecule has 0 aliphatic heterocycles. The third kappa shape index (κ3) is 1.33. The number of aryl methyl sites for hydroxylation is 1.